The fraction of sp³-hybridized carbons (Fsp3) is 0.500. The minimum atomic E-state index is -0.131. The maximum absolute atomic E-state index is 12.9. The average molecular weight is 355 g/mol. The summed E-state index contributed by atoms with van der Waals surface area (Å²) in [6.07, 6.45) is 5.05. The molecule has 1 aromatic carbocycles. The van der Waals surface area contributed by atoms with E-state index in [1.54, 1.807) is 4.68 Å². The number of nitrogens with zero attached hydrogens (tertiary/aromatic N) is 2. The summed E-state index contributed by atoms with van der Waals surface area (Å²) in [6.45, 7) is 3.31. The molecule has 6 heteroatoms. The van der Waals surface area contributed by atoms with Crippen molar-refractivity contribution in [2.75, 3.05) is 13.2 Å². The molecule has 2 heterocycles. The zero-order chi connectivity index (χ0) is 18.1. The topological polar surface area (TPSA) is 65.4 Å². The molecular formula is C20H25N3O3. The van der Waals surface area contributed by atoms with Crippen molar-refractivity contribution < 1.29 is 14.3 Å². The number of benzene rings is 1. The van der Waals surface area contributed by atoms with E-state index in [1.807, 2.05) is 32.2 Å². The van der Waals surface area contributed by atoms with E-state index < -0.39 is 0 Å². The van der Waals surface area contributed by atoms with Crippen LogP contribution in [0.4, 0.5) is 0 Å². The zero-order valence-electron chi connectivity index (χ0n) is 15.4. The monoisotopic (exact) mass is 355 g/mol. The summed E-state index contributed by atoms with van der Waals surface area (Å²) in [5.41, 5.74) is 3.88. The van der Waals surface area contributed by atoms with Crippen molar-refractivity contribution >= 4 is 5.91 Å². The Morgan fingerprint density at radius 2 is 1.92 bits per heavy atom. The first-order valence-corrected chi connectivity index (χ1v) is 9.38. The summed E-state index contributed by atoms with van der Waals surface area (Å²) in [4.78, 5) is 12.9. The first-order valence-electron chi connectivity index (χ1n) is 9.38. The molecule has 2 aliphatic rings. The maximum atomic E-state index is 12.9. The molecule has 1 aliphatic carbocycles. The van der Waals surface area contributed by atoms with E-state index in [0.29, 0.717) is 18.9 Å². The molecule has 0 spiro atoms. The number of hydrogen-bond donors (Lipinski definition) is 1. The van der Waals surface area contributed by atoms with Gasteiger partial charge in [-0.3, -0.25) is 9.48 Å². The van der Waals surface area contributed by atoms with E-state index in [9.17, 15) is 4.79 Å². The van der Waals surface area contributed by atoms with E-state index in [2.05, 4.69) is 10.4 Å². The Morgan fingerprint density at radius 3 is 2.77 bits per heavy atom. The van der Waals surface area contributed by atoms with Gasteiger partial charge in [-0.2, -0.15) is 5.10 Å². The number of carbonyl (C=O) groups is 1. The molecule has 138 valence electrons. The molecule has 1 aliphatic heterocycles. The number of nitrogens with one attached hydrogen (secondary N) is 1. The third-order valence-electron chi connectivity index (χ3n) is 5.15. The molecule has 6 nitrogen and oxygen atoms in total. The molecule has 2 aromatic rings. The van der Waals surface area contributed by atoms with Gasteiger partial charge in [0.25, 0.3) is 5.91 Å². The highest BCUT2D eigenvalue weighted by molar-refractivity contribution is 5.94. The van der Waals surface area contributed by atoms with Gasteiger partial charge < -0.3 is 14.8 Å². The van der Waals surface area contributed by atoms with E-state index in [-0.39, 0.29) is 11.9 Å². The fourth-order valence-corrected chi connectivity index (χ4v) is 3.76. The molecule has 4 rings (SSSR count). The van der Waals surface area contributed by atoms with Crippen molar-refractivity contribution in [2.24, 2.45) is 7.05 Å². The third-order valence-corrected chi connectivity index (χ3v) is 5.15. The smallest absolute Gasteiger partial charge is 0.270 e. The molecular weight excluding hydrogens is 330 g/mol. The van der Waals surface area contributed by atoms with Crippen LogP contribution in [0, 0.1) is 0 Å². The van der Waals surface area contributed by atoms with E-state index in [1.165, 1.54) is 0 Å². The molecule has 0 fully saturated rings. The number of rotatable bonds is 3. The summed E-state index contributed by atoms with van der Waals surface area (Å²) in [5, 5.41) is 7.66. The Balaban J connectivity index is 1.53. The van der Waals surface area contributed by atoms with Crippen molar-refractivity contribution in [3.63, 3.8) is 0 Å². The van der Waals surface area contributed by atoms with E-state index in [0.717, 1.165) is 60.4 Å². The Hall–Kier alpha value is -2.50. The van der Waals surface area contributed by atoms with Crippen LogP contribution in [-0.2, 0) is 19.9 Å². The van der Waals surface area contributed by atoms with Crippen LogP contribution in [0.15, 0.2) is 18.2 Å². The summed E-state index contributed by atoms with van der Waals surface area (Å²) < 4.78 is 13.2. The molecule has 1 aromatic heterocycles. The van der Waals surface area contributed by atoms with Crippen LogP contribution in [0.3, 0.4) is 0 Å². The van der Waals surface area contributed by atoms with Gasteiger partial charge in [0.2, 0.25) is 0 Å². The minimum absolute atomic E-state index is 0.0669. The molecule has 0 unspecified atom stereocenters. The van der Waals surface area contributed by atoms with E-state index >= 15 is 0 Å². The number of carbonyl (C=O) groups excluding carboxylic acids is 1. The van der Waals surface area contributed by atoms with Gasteiger partial charge in [0.1, 0.15) is 5.69 Å². The molecule has 0 bridgehead atoms. The SMILES string of the molecule is C[C@@H](NC(=O)c1c2c(nn1C)CCCC2)c1ccc2c(c1)OCCCO2. The summed E-state index contributed by atoms with van der Waals surface area (Å²) in [5.74, 6) is 1.45. The maximum Gasteiger partial charge on any atom is 0.270 e. The number of amides is 1. The number of hydrogen-bond acceptors (Lipinski definition) is 4. The zero-order valence-corrected chi connectivity index (χ0v) is 15.4. The standard InChI is InChI=1S/C20H25N3O3/c1-13(14-8-9-17-18(12-14)26-11-5-10-25-17)21-20(24)19-15-6-3-4-7-16(15)22-23(19)2/h8-9,12-13H,3-7,10-11H2,1-2H3,(H,21,24)/t13-/m1/s1. The number of ether oxygens (including phenoxy) is 2. The van der Waals surface area contributed by atoms with Crippen molar-refractivity contribution in [1.29, 1.82) is 0 Å². The second kappa shape index (κ2) is 7.02. The van der Waals surface area contributed by atoms with Crippen LogP contribution in [0.5, 0.6) is 11.5 Å². The van der Waals surface area contributed by atoms with Gasteiger partial charge in [0, 0.05) is 19.0 Å². The number of fused-ring (bicyclic) bond motifs is 2. The van der Waals surface area contributed by atoms with Gasteiger partial charge in [0.15, 0.2) is 11.5 Å². The Morgan fingerprint density at radius 1 is 1.15 bits per heavy atom. The van der Waals surface area contributed by atoms with Crippen molar-refractivity contribution in [2.45, 2.75) is 45.1 Å². The molecule has 1 amide bonds. The highest BCUT2D eigenvalue weighted by atomic mass is 16.5. The summed E-state index contributed by atoms with van der Waals surface area (Å²) in [7, 11) is 1.85. The number of aryl methyl sites for hydroxylation is 2. The van der Waals surface area contributed by atoms with Gasteiger partial charge in [-0.15, -0.1) is 0 Å². The second-order valence-corrected chi connectivity index (χ2v) is 7.06. The Bertz CT molecular complexity index is 828. The van der Waals surface area contributed by atoms with Crippen molar-refractivity contribution in [3.05, 3.63) is 40.7 Å². The Labute approximate surface area is 153 Å². The van der Waals surface area contributed by atoms with Gasteiger partial charge in [-0.25, -0.2) is 0 Å². The van der Waals surface area contributed by atoms with Crippen LogP contribution in [0.25, 0.3) is 0 Å². The van der Waals surface area contributed by atoms with Crippen LogP contribution < -0.4 is 14.8 Å². The lowest BCUT2D eigenvalue weighted by Gasteiger charge is -2.17. The predicted molar refractivity (Wildman–Crippen MR) is 97.8 cm³/mol. The lowest BCUT2D eigenvalue weighted by molar-refractivity contribution is 0.0929. The van der Waals surface area contributed by atoms with Crippen molar-refractivity contribution in [3.8, 4) is 11.5 Å². The van der Waals surface area contributed by atoms with Gasteiger partial charge in [0.05, 0.1) is 24.9 Å². The molecule has 1 atom stereocenters. The fourth-order valence-electron chi connectivity index (χ4n) is 3.76. The molecule has 0 saturated heterocycles. The van der Waals surface area contributed by atoms with Crippen LogP contribution in [0.2, 0.25) is 0 Å². The van der Waals surface area contributed by atoms with Crippen molar-refractivity contribution in [1.82, 2.24) is 15.1 Å². The highest BCUT2D eigenvalue weighted by Gasteiger charge is 2.25. The normalized spacial score (nSPS) is 17.2. The lowest BCUT2D eigenvalue weighted by atomic mass is 9.95. The minimum Gasteiger partial charge on any atom is -0.490 e. The highest BCUT2D eigenvalue weighted by Crippen LogP contribution is 2.32. The molecule has 1 N–H and O–H groups in total. The second-order valence-electron chi connectivity index (χ2n) is 7.06. The Kier molecular flexibility index (Phi) is 4.57. The van der Waals surface area contributed by atoms with Gasteiger partial charge in [-0.1, -0.05) is 6.07 Å². The first-order chi connectivity index (χ1) is 12.6. The van der Waals surface area contributed by atoms with E-state index in [4.69, 9.17) is 9.47 Å². The van der Waals surface area contributed by atoms with Gasteiger partial charge in [-0.05, 0) is 50.3 Å². The summed E-state index contributed by atoms with van der Waals surface area (Å²) >= 11 is 0. The third kappa shape index (κ3) is 3.16. The van der Waals surface area contributed by atoms with Gasteiger partial charge >= 0.3 is 0 Å². The summed E-state index contributed by atoms with van der Waals surface area (Å²) in [6, 6.07) is 5.74. The largest absolute Gasteiger partial charge is 0.490 e. The van der Waals surface area contributed by atoms with Crippen LogP contribution >= 0.6 is 0 Å². The average Bonchev–Trinajstić information content (AvgIpc) is 2.81. The van der Waals surface area contributed by atoms with Crippen LogP contribution in [0.1, 0.15) is 59.5 Å². The molecule has 0 saturated carbocycles. The predicted octanol–water partition coefficient (Wildman–Crippen LogP) is 2.95. The van der Waals surface area contributed by atoms with Crippen LogP contribution in [-0.4, -0.2) is 28.9 Å². The lowest BCUT2D eigenvalue weighted by Crippen LogP contribution is -2.29. The first kappa shape index (κ1) is 16.9. The number of aromatic nitrogens is 2. The quantitative estimate of drug-likeness (QED) is 0.919. The molecule has 0 radical (unpaired) electrons. The molecule has 26 heavy (non-hydrogen) atoms.